The van der Waals surface area contributed by atoms with Crippen LogP contribution in [0.2, 0.25) is 0 Å². The number of hydrogen-bond donors (Lipinski definition) is 14. The molecule has 3 heterocycles. The smallest absolute Gasteiger partial charge is 0.326 e. The molecule has 9 amide bonds. The van der Waals surface area contributed by atoms with Crippen LogP contribution in [0.25, 0.3) is 0 Å². The molecular weight excluding hydrogens is 1060 g/mol. The number of amides is 9. The number of aliphatic imine (C=N–C) groups is 1. The van der Waals surface area contributed by atoms with Crippen molar-refractivity contribution in [3.05, 3.63) is 18.2 Å². The molecule has 1 aromatic heterocycles. The van der Waals surface area contributed by atoms with Crippen LogP contribution in [0.1, 0.15) is 125 Å². The van der Waals surface area contributed by atoms with Crippen LogP contribution < -0.4 is 54.4 Å². The summed E-state index contributed by atoms with van der Waals surface area (Å²) in [6.45, 7) is 11.9. The highest BCUT2D eigenvalue weighted by atomic mass is 16.4. The van der Waals surface area contributed by atoms with E-state index >= 15 is 0 Å². The standard InChI is InChI=1S/C51H83N15O15/c1-25(2)21-34(50(80)81)62-47(77)40(27(5)6)64-45(75)36-13-10-20-66(36)49(79)33(22-29-23-55-24-57-29)61-43(73)31(14-16-37(67)68)59-42(72)32(15-17-38(69)70)60-44(74)35-12-9-19-65(35)48(78)28(7)58-46(76)39(26(3)4)63-41(71)30(52)11-8-18-56-51(53)54/h23-28,30-36,39-40H,8-22,52H2,1-7H3,(H,55,57)(H,58,76)(H,59,72)(H,60,74)(H,61,73)(H,62,77)(H,63,71)(H,64,75)(H,67,68)(H,69,70)(H,80,81)(H4,53,54,56)/t28-,30-,31-,32-,33-,34-,35-,36-,39-,40-/m0/s1. The fourth-order valence-electron chi connectivity index (χ4n) is 9.31. The second-order valence-electron chi connectivity index (χ2n) is 21.5. The summed E-state index contributed by atoms with van der Waals surface area (Å²) < 4.78 is 0. The molecule has 0 radical (unpaired) electrons. The Bertz CT molecular complexity index is 2420. The van der Waals surface area contributed by atoms with Gasteiger partial charge in [0.15, 0.2) is 5.96 Å². The van der Waals surface area contributed by atoms with E-state index in [9.17, 15) is 72.9 Å². The van der Waals surface area contributed by atoms with E-state index in [-0.39, 0.29) is 63.6 Å². The van der Waals surface area contributed by atoms with Crippen LogP contribution >= 0.6 is 0 Å². The second kappa shape index (κ2) is 32.4. The minimum Gasteiger partial charge on any atom is -0.481 e. The average Bonchev–Trinajstić information content (AvgIpc) is 4.30. The number of nitrogens with two attached hydrogens (primary N) is 3. The van der Waals surface area contributed by atoms with Gasteiger partial charge in [-0.05, 0) is 82.5 Å². The number of guanidine groups is 1. The number of aliphatic carboxylic acids is 3. The number of nitrogens with one attached hydrogen (secondary N) is 8. The van der Waals surface area contributed by atoms with Gasteiger partial charge in [0.05, 0.1) is 12.4 Å². The van der Waals surface area contributed by atoms with E-state index in [4.69, 9.17) is 17.2 Å². The number of aromatic amines is 1. The summed E-state index contributed by atoms with van der Waals surface area (Å²) in [6.07, 6.45) is 1.54. The Balaban J connectivity index is 1.82. The Kier molecular flexibility index (Phi) is 26.9. The Labute approximate surface area is 469 Å². The highest BCUT2D eigenvalue weighted by molar-refractivity contribution is 5.99. The van der Waals surface area contributed by atoms with Crippen molar-refractivity contribution in [1.29, 1.82) is 0 Å². The molecule has 2 aliphatic rings. The lowest BCUT2D eigenvalue weighted by Crippen LogP contribution is -2.60. The quantitative estimate of drug-likeness (QED) is 0.0188. The molecule has 2 saturated heterocycles. The number of H-pyrrole nitrogens is 1. The Morgan fingerprint density at radius 3 is 1.62 bits per heavy atom. The zero-order valence-electron chi connectivity index (χ0n) is 47.0. The molecular formula is C51H83N15O15. The summed E-state index contributed by atoms with van der Waals surface area (Å²) in [5.41, 5.74) is 17.1. The van der Waals surface area contributed by atoms with E-state index < -0.39 is 169 Å². The van der Waals surface area contributed by atoms with Crippen molar-refractivity contribution in [3.63, 3.8) is 0 Å². The SMILES string of the molecule is CC(C)C[C@H](NC(=O)[C@@H](NC(=O)[C@@H]1CCCN1C(=O)[C@H](Cc1cnc[nH]1)NC(=O)[C@H](CCC(=O)O)NC(=O)[C@H](CCC(=O)O)NC(=O)[C@@H]1CCCN1C(=O)[C@H](C)NC(=O)[C@@H](NC(=O)[C@@H](N)CCCN=C(N)N)C(C)C)C(C)C)C(=O)O. The first-order chi connectivity index (χ1) is 38.0. The van der Waals surface area contributed by atoms with Gasteiger partial charge in [-0.2, -0.15) is 0 Å². The molecule has 0 saturated carbocycles. The van der Waals surface area contributed by atoms with Crippen LogP contribution in [-0.4, -0.2) is 192 Å². The van der Waals surface area contributed by atoms with E-state index in [1.165, 1.54) is 29.2 Å². The largest absolute Gasteiger partial charge is 0.481 e. The zero-order valence-corrected chi connectivity index (χ0v) is 47.0. The number of nitrogens with zero attached hydrogens (tertiary/aromatic N) is 4. The van der Waals surface area contributed by atoms with Gasteiger partial charge in [-0.3, -0.25) is 57.7 Å². The van der Waals surface area contributed by atoms with Gasteiger partial charge in [-0.1, -0.05) is 41.5 Å². The van der Waals surface area contributed by atoms with Gasteiger partial charge in [-0.15, -0.1) is 0 Å². The molecule has 0 spiro atoms. The van der Waals surface area contributed by atoms with Crippen LogP contribution in [0.4, 0.5) is 0 Å². The summed E-state index contributed by atoms with van der Waals surface area (Å²) in [4.78, 5) is 173. The van der Waals surface area contributed by atoms with E-state index in [0.717, 1.165) is 0 Å². The molecule has 3 rings (SSSR count). The summed E-state index contributed by atoms with van der Waals surface area (Å²) in [6, 6.07) is -13.1. The first-order valence-electron chi connectivity index (χ1n) is 27.2. The molecule has 1 aromatic rings. The number of aromatic nitrogens is 2. The molecule has 17 N–H and O–H groups in total. The maximum Gasteiger partial charge on any atom is 0.326 e. The summed E-state index contributed by atoms with van der Waals surface area (Å²) in [5.74, 6) is -12.5. The predicted octanol–water partition coefficient (Wildman–Crippen LogP) is -3.10. The van der Waals surface area contributed by atoms with Crippen LogP contribution in [0.5, 0.6) is 0 Å². The van der Waals surface area contributed by atoms with Crippen LogP contribution in [-0.2, 0) is 64.0 Å². The van der Waals surface area contributed by atoms with Gasteiger partial charge in [0.2, 0.25) is 53.2 Å². The van der Waals surface area contributed by atoms with E-state index in [1.807, 2.05) is 0 Å². The lowest BCUT2D eigenvalue weighted by Gasteiger charge is -2.31. The number of hydrogen-bond acceptors (Lipinski definition) is 15. The number of rotatable bonds is 33. The normalized spacial score (nSPS) is 18.0. The Morgan fingerprint density at radius 1 is 0.630 bits per heavy atom. The lowest BCUT2D eigenvalue weighted by atomic mass is 10.00. The van der Waals surface area contributed by atoms with Crippen LogP contribution in [0.3, 0.4) is 0 Å². The second-order valence-corrected chi connectivity index (χ2v) is 21.5. The van der Waals surface area contributed by atoms with Gasteiger partial charge in [0.25, 0.3) is 0 Å². The molecule has 0 aromatic carbocycles. The number of imidazole rings is 1. The number of carbonyl (C=O) groups excluding carboxylic acids is 9. The van der Waals surface area contributed by atoms with Crippen molar-refractivity contribution < 1.29 is 72.9 Å². The Hall–Kier alpha value is -7.92. The lowest BCUT2D eigenvalue weighted by molar-refractivity contribution is -0.144. The van der Waals surface area contributed by atoms with Crippen LogP contribution in [0, 0.1) is 17.8 Å². The van der Waals surface area contributed by atoms with Crippen molar-refractivity contribution in [3.8, 4) is 0 Å². The maximum absolute atomic E-state index is 14.5. The van der Waals surface area contributed by atoms with Gasteiger partial charge in [0, 0.05) is 50.8 Å². The van der Waals surface area contributed by atoms with E-state index in [1.54, 1.807) is 41.5 Å². The van der Waals surface area contributed by atoms with E-state index in [2.05, 4.69) is 52.2 Å². The number of likely N-dealkylation sites (tertiary alicyclic amines) is 2. The number of carboxylic acids is 3. The fourth-order valence-corrected chi connectivity index (χ4v) is 9.31. The highest BCUT2D eigenvalue weighted by Crippen LogP contribution is 2.22. The summed E-state index contributed by atoms with van der Waals surface area (Å²) >= 11 is 0. The third kappa shape index (κ3) is 21.6. The maximum atomic E-state index is 14.5. The third-order valence-electron chi connectivity index (χ3n) is 13.7. The number of carboxylic acid groups (broad SMARTS) is 3. The molecule has 30 heteroatoms. The van der Waals surface area contributed by atoms with Crippen molar-refractivity contribution in [2.75, 3.05) is 19.6 Å². The van der Waals surface area contributed by atoms with E-state index in [0.29, 0.717) is 25.0 Å². The fraction of sp³-hybridized carbons (Fsp3) is 0.686. The molecule has 0 bridgehead atoms. The topological polar surface area (TPSA) is 475 Å². The summed E-state index contributed by atoms with van der Waals surface area (Å²) in [7, 11) is 0. The summed E-state index contributed by atoms with van der Waals surface area (Å²) in [5, 5.41) is 46.8. The van der Waals surface area contributed by atoms with Gasteiger partial charge in [0.1, 0.15) is 54.4 Å². The predicted molar refractivity (Wildman–Crippen MR) is 289 cm³/mol. The molecule has 0 unspecified atom stereocenters. The minimum atomic E-state index is -1.72. The molecule has 2 aliphatic heterocycles. The van der Waals surface area contributed by atoms with Crippen molar-refractivity contribution in [1.82, 2.24) is 57.0 Å². The first-order valence-corrected chi connectivity index (χ1v) is 27.2. The van der Waals surface area contributed by atoms with Gasteiger partial charge >= 0.3 is 17.9 Å². The van der Waals surface area contributed by atoms with Crippen molar-refractivity contribution in [2.24, 2.45) is 39.9 Å². The monoisotopic (exact) mass is 1150 g/mol. The third-order valence-corrected chi connectivity index (χ3v) is 13.7. The highest BCUT2D eigenvalue weighted by Gasteiger charge is 2.42. The molecule has 0 aliphatic carbocycles. The molecule has 30 nitrogen and oxygen atoms in total. The van der Waals surface area contributed by atoms with Gasteiger partial charge < -0.3 is 84.5 Å². The van der Waals surface area contributed by atoms with Crippen molar-refractivity contribution >= 4 is 77.0 Å². The zero-order chi connectivity index (χ0) is 60.8. The molecule has 2 fully saturated rings. The first kappa shape index (κ1) is 67.4. The molecule has 81 heavy (non-hydrogen) atoms. The van der Waals surface area contributed by atoms with Crippen LogP contribution in [0.15, 0.2) is 17.5 Å². The molecule has 10 atom stereocenters. The van der Waals surface area contributed by atoms with Gasteiger partial charge in [-0.25, -0.2) is 9.78 Å². The average molecular weight is 1150 g/mol. The Morgan fingerprint density at radius 2 is 1.12 bits per heavy atom. The number of carbonyl (C=O) groups is 12. The van der Waals surface area contributed by atoms with Crippen molar-refractivity contribution in [2.45, 2.75) is 186 Å². The minimum absolute atomic E-state index is 0.0287. The molecule has 452 valence electrons.